The van der Waals surface area contributed by atoms with E-state index in [1.54, 1.807) is 53.1 Å². The van der Waals surface area contributed by atoms with Gasteiger partial charge in [-0.15, -0.1) is 0 Å². The molecule has 0 radical (unpaired) electrons. The van der Waals surface area contributed by atoms with Gasteiger partial charge in [0, 0.05) is 17.4 Å². The van der Waals surface area contributed by atoms with E-state index in [0.29, 0.717) is 16.8 Å². The number of amides is 2. The van der Waals surface area contributed by atoms with Crippen LogP contribution < -0.4 is 10.6 Å². The average molecular weight is 361 g/mol. The summed E-state index contributed by atoms with van der Waals surface area (Å²) >= 11 is 0. The van der Waals surface area contributed by atoms with Crippen molar-refractivity contribution in [2.75, 3.05) is 5.32 Å². The van der Waals surface area contributed by atoms with E-state index in [-0.39, 0.29) is 17.4 Å². The van der Waals surface area contributed by atoms with E-state index in [0.717, 1.165) is 0 Å². The van der Waals surface area contributed by atoms with Crippen LogP contribution in [-0.2, 0) is 0 Å². The minimum atomic E-state index is -0.455. The van der Waals surface area contributed by atoms with Gasteiger partial charge in [-0.1, -0.05) is 12.1 Å². The van der Waals surface area contributed by atoms with E-state index >= 15 is 0 Å². The van der Waals surface area contributed by atoms with Crippen molar-refractivity contribution in [3.63, 3.8) is 0 Å². The van der Waals surface area contributed by atoms with Gasteiger partial charge in [0.25, 0.3) is 11.8 Å². The first-order valence-electron chi connectivity index (χ1n) is 8.39. The lowest BCUT2D eigenvalue weighted by Gasteiger charge is -2.19. The number of imidazole rings is 1. The Bertz CT molecular complexity index is 1070. The molecule has 7 heteroatoms. The summed E-state index contributed by atoms with van der Waals surface area (Å²) in [5.41, 5.74) is 1.14. The Morgan fingerprint density at radius 1 is 1.11 bits per heavy atom. The number of aromatic nitrogens is 2. The lowest BCUT2D eigenvalue weighted by atomic mass is 10.1. The SMILES string of the molecule is CC(C)(C)NC(=O)c1nc(C(=O)Nc2cccc(C#N)c2)c2ccccn12. The van der Waals surface area contributed by atoms with Crippen molar-refractivity contribution in [1.29, 1.82) is 5.26 Å². The first-order valence-corrected chi connectivity index (χ1v) is 8.39. The summed E-state index contributed by atoms with van der Waals surface area (Å²) in [5.74, 6) is -0.686. The maximum absolute atomic E-state index is 12.7. The predicted molar refractivity (Wildman–Crippen MR) is 102 cm³/mol. The fourth-order valence-corrected chi connectivity index (χ4v) is 2.62. The van der Waals surface area contributed by atoms with Crippen molar-refractivity contribution in [3.05, 3.63) is 65.7 Å². The van der Waals surface area contributed by atoms with E-state index in [4.69, 9.17) is 5.26 Å². The lowest BCUT2D eigenvalue weighted by Crippen LogP contribution is -2.41. The normalized spacial score (nSPS) is 11.0. The molecule has 2 N–H and O–H groups in total. The summed E-state index contributed by atoms with van der Waals surface area (Å²) < 4.78 is 1.59. The molecule has 2 aromatic heterocycles. The number of nitriles is 1. The monoisotopic (exact) mass is 361 g/mol. The molecule has 0 aliphatic rings. The Labute approximate surface area is 156 Å². The smallest absolute Gasteiger partial charge is 0.288 e. The van der Waals surface area contributed by atoms with Gasteiger partial charge in [0.1, 0.15) is 0 Å². The van der Waals surface area contributed by atoms with Gasteiger partial charge in [0.15, 0.2) is 5.69 Å². The number of benzene rings is 1. The third kappa shape index (κ3) is 3.96. The molecule has 3 aromatic rings. The maximum atomic E-state index is 12.7. The van der Waals surface area contributed by atoms with Gasteiger partial charge in [0.2, 0.25) is 5.82 Å². The third-order valence-corrected chi connectivity index (χ3v) is 3.70. The third-order valence-electron chi connectivity index (χ3n) is 3.70. The van der Waals surface area contributed by atoms with Gasteiger partial charge in [-0.3, -0.25) is 14.0 Å². The van der Waals surface area contributed by atoms with Gasteiger partial charge < -0.3 is 10.6 Å². The zero-order valence-corrected chi connectivity index (χ0v) is 15.3. The van der Waals surface area contributed by atoms with Crippen molar-refractivity contribution < 1.29 is 9.59 Å². The molecule has 0 saturated heterocycles. The maximum Gasteiger partial charge on any atom is 0.288 e. The zero-order valence-electron chi connectivity index (χ0n) is 15.3. The van der Waals surface area contributed by atoms with E-state index < -0.39 is 11.4 Å². The van der Waals surface area contributed by atoms with Crippen LogP contribution in [0.3, 0.4) is 0 Å². The fourth-order valence-electron chi connectivity index (χ4n) is 2.62. The van der Waals surface area contributed by atoms with Crippen LogP contribution in [0.15, 0.2) is 48.7 Å². The van der Waals surface area contributed by atoms with Crippen LogP contribution in [0.2, 0.25) is 0 Å². The highest BCUT2D eigenvalue weighted by Gasteiger charge is 2.24. The first-order chi connectivity index (χ1) is 12.8. The molecular formula is C20H19N5O2. The second kappa shape index (κ2) is 6.92. The molecule has 3 rings (SSSR count). The molecule has 0 spiro atoms. The number of rotatable bonds is 3. The fraction of sp³-hybridized carbons (Fsp3) is 0.200. The average Bonchev–Trinajstić information content (AvgIpc) is 3.00. The van der Waals surface area contributed by atoms with Crippen molar-refractivity contribution in [3.8, 4) is 6.07 Å². The van der Waals surface area contributed by atoms with Crippen LogP contribution >= 0.6 is 0 Å². The molecule has 2 amide bonds. The van der Waals surface area contributed by atoms with Crippen molar-refractivity contribution in [2.45, 2.75) is 26.3 Å². The Balaban J connectivity index is 1.98. The molecule has 0 unspecified atom stereocenters. The van der Waals surface area contributed by atoms with E-state index in [1.165, 1.54) is 0 Å². The second-order valence-electron chi connectivity index (χ2n) is 7.09. The highest BCUT2D eigenvalue weighted by molar-refractivity contribution is 6.09. The molecule has 0 aliphatic carbocycles. The number of anilines is 1. The number of carbonyl (C=O) groups excluding carboxylic acids is 2. The molecule has 1 aromatic carbocycles. The summed E-state index contributed by atoms with van der Waals surface area (Å²) in [4.78, 5) is 29.6. The summed E-state index contributed by atoms with van der Waals surface area (Å²) in [6.07, 6.45) is 1.69. The standard InChI is InChI=1S/C20H19N5O2/c1-20(2,3)24-19(27)17-23-16(15-9-4-5-10-25(15)17)18(26)22-14-8-6-7-13(11-14)12-21/h4-11H,1-3H3,(H,22,26)(H,24,27). The highest BCUT2D eigenvalue weighted by Crippen LogP contribution is 2.17. The van der Waals surface area contributed by atoms with Crippen molar-refractivity contribution in [2.24, 2.45) is 0 Å². The van der Waals surface area contributed by atoms with Crippen LogP contribution in [0.4, 0.5) is 5.69 Å². The van der Waals surface area contributed by atoms with Crippen LogP contribution in [0, 0.1) is 11.3 Å². The minimum absolute atomic E-state index is 0.136. The number of fused-ring (bicyclic) bond motifs is 1. The molecule has 0 atom stereocenters. The first kappa shape index (κ1) is 18.1. The number of pyridine rings is 1. The summed E-state index contributed by atoms with van der Waals surface area (Å²) in [5, 5.41) is 14.6. The van der Waals surface area contributed by atoms with E-state index in [1.807, 2.05) is 26.8 Å². The number of nitrogens with zero attached hydrogens (tertiary/aromatic N) is 3. The Morgan fingerprint density at radius 2 is 1.89 bits per heavy atom. The Hall–Kier alpha value is -3.66. The van der Waals surface area contributed by atoms with Gasteiger partial charge in [-0.05, 0) is 51.1 Å². The molecule has 0 saturated carbocycles. The summed E-state index contributed by atoms with van der Waals surface area (Å²) in [7, 11) is 0. The van der Waals surface area contributed by atoms with Gasteiger partial charge in [-0.25, -0.2) is 4.98 Å². The zero-order chi connectivity index (χ0) is 19.6. The Morgan fingerprint density at radius 3 is 2.59 bits per heavy atom. The van der Waals surface area contributed by atoms with E-state index in [9.17, 15) is 9.59 Å². The van der Waals surface area contributed by atoms with Crippen LogP contribution in [0.25, 0.3) is 5.52 Å². The number of nitrogens with one attached hydrogen (secondary N) is 2. The van der Waals surface area contributed by atoms with Crippen LogP contribution in [0.1, 0.15) is 47.4 Å². The minimum Gasteiger partial charge on any atom is -0.345 e. The number of hydrogen-bond donors (Lipinski definition) is 2. The largest absolute Gasteiger partial charge is 0.345 e. The molecule has 2 heterocycles. The Kier molecular flexibility index (Phi) is 4.65. The highest BCUT2D eigenvalue weighted by atomic mass is 16.2. The molecular weight excluding hydrogens is 342 g/mol. The molecule has 0 bridgehead atoms. The summed E-state index contributed by atoms with van der Waals surface area (Å²) in [6, 6.07) is 13.9. The van der Waals surface area contributed by atoms with Gasteiger partial charge in [-0.2, -0.15) is 5.26 Å². The molecule has 0 aliphatic heterocycles. The van der Waals surface area contributed by atoms with Crippen molar-refractivity contribution in [1.82, 2.24) is 14.7 Å². The summed E-state index contributed by atoms with van der Waals surface area (Å²) in [6.45, 7) is 5.61. The molecule has 136 valence electrons. The molecule has 7 nitrogen and oxygen atoms in total. The van der Waals surface area contributed by atoms with Gasteiger partial charge >= 0.3 is 0 Å². The topological polar surface area (TPSA) is 99.3 Å². The molecule has 0 fully saturated rings. The number of hydrogen-bond acceptors (Lipinski definition) is 4. The van der Waals surface area contributed by atoms with Crippen molar-refractivity contribution >= 4 is 23.0 Å². The number of carbonyl (C=O) groups is 2. The van der Waals surface area contributed by atoms with E-state index in [2.05, 4.69) is 15.6 Å². The quantitative estimate of drug-likeness (QED) is 0.749. The second-order valence-corrected chi connectivity index (χ2v) is 7.09. The van der Waals surface area contributed by atoms with Crippen LogP contribution in [-0.4, -0.2) is 26.7 Å². The molecule has 27 heavy (non-hydrogen) atoms. The predicted octanol–water partition coefficient (Wildman–Crippen LogP) is 2.99. The lowest BCUT2D eigenvalue weighted by molar-refractivity contribution is 0.0908. The van der Waals surface area contributed by atoms with Gasteiger partial charge in [0.05, 0.1) is 17.1 Å². The van der Waals surface area contributed by atoms with Crippen LogP contribution in [0.5, 0.6) is 0 Å².